The second kappa shape index (κ2) is 6.71. The maximum Gasteiger partial charge on any atom is 0.223 e. The Bertz CT molecular complexity index is 301. The molecule has 2 aliphatic rings. The molecule has 2 atom stereocenters. The van der Waals surface area contributed by atoms with Gasteiger partial charge in [0.15, 0.2) is 0 Å². The molecule has 1 aliphatic heterocycles. The van der Waals surface area contributed by atoms with Crippen molar-refractivity contribution in [2.24, 2.45) is 11.3 Å². The normalized spacial score (nSPS) is 30.2. The van der Waals surface area contributed by atoms with Gasteiger partial charge in [0.2, 0.25) is 5.91 Å². The van der Waals surface area contributed by atoms with E-state index in [4.69, 9.17) is 0 Å². The van der Waals surface area contributed by atoms with Crippen LogP contribution >= 0.6 is 0 Å². The van der Waals surface area contributed by atoms with E-state index in [2.05, 4.69) is 17.6 Å². The first-order valence-electron chi connectivity index (χ1n) is 7.77. The number of carbonyl (C=O) groups excluding carboxylic acids is 1. The third-order valence-corrected chi connectivity index (χ3v) is 4.94. The Morgan fingerprint density at radius 3 is 2.79 bits per heavy atom. The van der Waals surface area contributed by atoms with Crippen molar-refractivity contribution in [1.82, 2.24) is 10.6 Å². The Kier molecular flexibility index (Phi) is 5.22. The molecule has 1 amide bonds. The lowest BCUT2D eigenvalue weighted by Gasteiger charge is -2.31. The van der Waals surface area contributed by atoms with Crippen molar-refractivity contribution in [3.63, 3.8) is 0 Å². The van der Waals surface area contributed by atoms with Gasteiger partial charge in [0.1, 0.15) is 0 Å². The molecule has 4 nitrogen and oxygen atoms in total. The van der Waals surface area contributed by atoms with Crippen LogP contribution in [0.5, 0.6) is 0 Å². The van der Waals surface area contributed by atoms with E-state index in [0.29, 0.717) is 6.04 Å². The molecule has 0 bridgehead atoms. The third-order valence-electron chi connectivity index (χ3n) is 4.94. The second-order valence-corrected chi connectivity index (χ2v) is 6.47. The number of aliphatic hydroxyl groups is 1. The molecule has 0 radical (unpaired) electrons. The molecule has 0 aromatic carbocycles. The highest BCUT2D eigenvalue weighted by Crippen LogP contribution is 2.40. The molecule has 110 valence electrons. The molecule has 3 N–H and O–H groups in total. The van der Waals surface area contributed by atoms with Gasteiger partial charge < -0.3 is 15.7 Å². The maximum absolute atomic E-state index is 12.2. The lowest BCUT2D eigenvalue weighted by Crippen LogP contribution is -2.45. The minimum absolute atomic E-state index is 0.170. The van der Waals surface area contributed by atoms with Crippen LogP contribution in [0.3, 0.4) is 0 Å². The molecule has 1 saturated heterocycles. The number of nitrogens with one attached hydrogen (secondary N) is 2. The van der Waals surface area contributed by atoms with E-state index < -0.39 is 0 Å². The predicted molar refractivity (Wildman–Crippen MR) is 75.8 cm³/mol. The average molecular weight is 268 g/mol. The van der Waals surface area contributed by atoms with Crippen molar-refractivity contribution in [3.8, 4) is 0 Å². The summed E-state index contributed by atoms with van der Waals surface area (Å²) in [5, 5.41) is 15.8. The highest BCUT2D eigenvalue weighted by atomic mass is 16.3. The highest BCUT2D eigenvalue weighted by molar-refractivity contribution is 5.78. The molecular weight excluding hydrogens is 240 g/mol. The van der Waals surface area contributed by atoms with Crippen LogP contribution in [0, 0.1) is 11.3 Å². The number of carbonyl (C=O) groups is 1. The number of hydrogen-bond acceptors (Lipinski definition) is 3. The Hall–Kier alpha value is -0.610. The lowest BCUT2D eigenvalue weighted by atomic mass is 9.82. The fourth-order valence-electron chi connectivity index (χ4n) is 3.67. The van der Waals surface area contributed by atoms with Crippen LogP contribution in [0.4, 0.5) is 0 Å². The van der Waals surface area contributed by atoms with Crippen LogP contribution < -0.4 is 10.6 Å². The van der Waals surface area contributed by atoms with E-state index in [1.807, 2.05) is 0 Å². The lowest BCUT2D eigenvalue weighted by molar-refractivity contribution is -0.126. The van der Waals surface area contributed by atoms with Crippen molar-refractivity contribution >= 4 is 5.91 Å². The van der Waals surface area contributed by atoms with Gasteiger partial charge in [0, 0.05) is 25.1 Å². The molecule has 19 heavy (non-hydrogen) atoms. The topological polar surface area (TPSA) is 61.4 Å². The summed E-state index contributed by atoms with van der Waals surface area (Å²) in [5.41, 5.74) is 0.170. The van der Waals surface area contributed by atoms with Crippen LogP contribution in [0.2, 0.25) is 0 Å². The van der Waals surface area contributed by atoms with Gasteiger partial charge in [-0.05, 0) is 51.0 Å². The van der Waals surface area contributed by atoms with E-state index in [0.717, 1.165) is 45.2 Å². The molecule has 4 heteroatoms. The number of aliphatic hydroxyl groups excluding tert-OH is 1. The van der Waals surface area contributed by atoms with Crippen molar-refractivity contribution in [1.29, 1.82) is 0 Å². The number of hydrogen-bond donors (Lipinski definition) is 3. The van der Waals surface area contributed by atoms with Crippen LogP contribution in [-0.4, -0.2) is 36.8 Å². The second-order valence-electron chi connectivity index (χ2n) is 6.47. The Morgan fingerprint density at radius 1 is 1.42 bits per heavy atom. The predicted octanol–water partition coefficient (Wildman–Crippen LogP) is 1.43. The van der Waals surface area contributed by atoms with Crippen molar-refractivity contribution in [3.05, 3.63) is 0 Å². The van der Waals surface area contributed by atoms with Gasteiger partial charge in [0.05, 0.1) is 0 Å². The summed E-state index contributed by atoms with van der Waals surface area (Å²) >= 11 is 0. The summed E-state index contributed by atoms with van der Waals surface area (Å²) in [4.78, 5) is 12.2. The zero-order valence-electron chi connectivity index (χ0n) is 12.1. The first-order chi connectivity index (χ1) is 9.15. The van der Waals surface area contributed by atoms with E-state index in [9.17, 15) is 9.90 Å². The third kappa shape index (κ3) is 3.93. The molecule has 1 aliphatic carbocycles. The van der Waals surface area contributed by atoms with Crippen molar-refractivity contribution < 1.29 is 9.90 Å². The van der Waals surface area contributed by atoms with E-state index in [-0.39, 0.29) is 23.8 Å². The molecular formula is C15H28N2O2. The van der Waals surface area contributed by atoms with Gasteiger partial charge in [-0.15, -0.1) is 0 Å². The number of piperidine rings is 1. The van der Waals surface area contributed by atoms with Crippen LogP contribution in [0.1, 0.15) is 51.9 Å². The molecule has 1 heterocycles. The minimum atomic E-state index is 0.170. The fraction of sp³-hybridized carbons (Fsp3) is 0.933. The van der Waals surface area contributed by atoms with Crippen molar-refractivity contribution in [2.45, 2.75) is 57.9 Å². The number of rotatable bonds is 5. The summed E-state index contributed by atoms with van der Waals surface area (Å²) in [6.45, 7) is 4.08. The van der Waals surface area contributed by atoms with Crippen LogP contribution in [0.15, 0.2) is 0 Å². The van der Waals surface area contributed by atoms with Crippen LogP contribution in [-0.2, 0) is 4.79 Å². The van der Waals surface area contributed by atoms with Gasteiger partial charge in [-0.25, -0.2) is 0 Å². The largest absolute Gasteiger partial charge is 0.396 e. The summed E-state index contributed by atoms with van der Waals surface area (Å²) < 4.78 is 0. The molecule has 0 aromatic heterocycles. The molecule has 1 saturated carbocycles. The SMILES string of the molecule is C[C@H]1C[C@@H](C(=O)NCC2(CCO)CCCC2)CCN1. The molecule has 0 aromatic rings. The molecule has 2 rings (SSSR count). The van der Waals surface area contributed by atoms with Gasteiger partial charge in [0.25, 0.3) is 0 Å². The number of amides is 1. The standard InChI is InChI=1S/C15H28N2O2/c1-12-10-13(4-8-16-12)14(19)17-11-15(7-9-18)5-2-3-6-15/h12-13,16,18H,2-11H2,1H3,(H,17,19)/t12-,13-/m0/s1. The van der Waals surface area contributed by atoms with Gasteiger partial charge in [-0.2, -0.15) is 0 Å². The Morgan fingerprint density at radius 2 is 2.16 bits per heavy atom. The molecule has 2 fully saturated rings. The van der Waals surface area contributed by atoms with Crippen molar-refractivity contribution in [2.75, 3.05) is 19.7 Å². The zero-order valence-corrected chi connectivity index (χ0v) is 12.1. The average Bonchev–Trinajstić information content (AvgIpc) is 2.85. The Balaban J connectivity index is 1.81. The molecule has 0 spiro atoms. The zero-order chi connectivity index (χ0) is 13.7. The minimum Gasteiger partial charge on any atom is -0.396 e. The van der Waals surface area contributed by atoms with Crippen LogP contribution in [0.25, 0.3) is 0 Å². The van der Waals surface area contributed by atoms with E-state index >= 15 is 0 Å². The van der Waals surface area contributed by atoms with Gasteiger partial charge >= 0.3 is 0 Å². The summed E-state index contributed by atoms with van der Waals surface area (Å²) in [7, 11) is 0. The van der Waals surface area contributed by atoms with Gasteiger partial charge in [-0.3, -0.25) is 4.79 Å². The first-order valence-corrected chi connectivity index (χ1v) is 7.77. The Labute approximate surface area is 116 Å². The quantitative estimate of drug-likeness (QED) is 0.707. The monoisotopic (exact) mass is 268 g/mol. The molecule has 0 unspecified atom stereocenters. The van der Waals surface area contributed by atoms with Gasteiger partial charge in [-0.1, -0.05) is 12.8 Å². The summed E-state index contributed by atoms with van der Waals surface area (Å²) in [5.74, 6) is 0.390. The maximum atomic E-state index is 12.2. The highest BCUT2D eigenvalue weighted by Gasteiger charge is 2.34. The summed E-state index contributed by atoms with van der Waals surface area (Å²) in [6, 6.07) is 0.447. The van der Waals surface area contributed by atoms with E-state index in [1.54, 1.807) is 0 Å². The first kappa shape index (κ1) is 14.8. The fourth-order valence-corrected chi connectivity index (χ4v) is 3.67. The summed E-state index contributed by atoms with van der Waals surface area (Å²) in [6.07, 6.45) is 7.49. The smallest absolute Gasteiger partial charge is 0.223 e. The van der Waals surface area contributed by atoms with E-state index in [1.165, 1.54) is 12.8 Å².